The van der Waals surface area contributed by atoms with Crippen LogP contribution in [0.1, 0.15) is 36.1 Å². The minimum absolute atomic E-state index is 0.101. The molecule has 0 radical (unpaired) electrons. The molecule has 0 fully saturated rings. The topological polar surface area (TPSA) is 54.7 Å². The molecule has 1 N–H and O–H groups in total. The van der Waals surface area contributed by atoms with Gasteiger partial charge in [-0.2, -0.15) is 0 Å². The van der Waals surface area contributed by atoms with Crippen molar-refractivity contribution in [1.82, 2.24) is 4.98 Å². The first kappa shape index (κ1) is 17.7. The zero-order valence-electron chi connectivity index (χ0n) is 14.7. The fourth-order valence-electron chi connectivity index (χ4n) is 2.93. The van der Waals surface area contributed by atoms with Gasteiger partial charge < -0.3 is 9.94 Å². The summed E-state index contributed by atoms with van der Waals surface area (Å²) >= 11 is 0. The molecule has 132 valence electrons. The fourth-order valence-corrected chi connectivity index (χ4v) is 2.93. The van der Waals surface area contributed by atoms with Crippen LogP contribution >= 0.6 is 0 Å². The minimum Gasteiger partial charge on any atom is -0.506 e. The van der Waals surface area contributed by atoms with Gasteiger partial charge in [-0.05, 0) is 36.6 Å². The first-order valence-corrected chi connectivity index (χ1v) is 8.66. The predicted octanol–water partition coefficient (Wildman–Crippen LogP) is 4.75. The molecule has 0 amide bonds. The Morgan fingerprint density at radius 2 is 1.58 bits per heavy atom. The smallest absolute Gasteiger partial charge is 0.143 e. The van der Waals surface area contributed by atoms with E-state index in [2.05, 4.69) is 58.7 Å². The van der Waals surface area contributed by atoms with Crippen LogP contribution in [0.2, 0.25) is 0 Å². The minimum atomic E-state index is 0.101. The Hall–Kier alpha value is -3.14. The van der Waals surface area contributed by atoms with E-state index < -0.39 is 0 Å². The Bertz CT molecular complexity index is 809. The number of aromatic nitrogens is 1. The number of aromatic hydroxyl groups is 1. The van der Waals surface area contributed by atoms with Gasteiger partial charge in [-0.15, -0.1) is 0 Å². The second kappa shape index (κ2) is 8.81. The summed E-state index contributed by atoms with van der Waals surface area (Å²) in [5.74, 6) is 0.347. The summed E-state index contributed by atoms with van der Waals surface area (Å²) in [6.45, 7) is 2.24. The van der Waals surface area contributed by atoms with E-state index >= 15 is 0 Å². The highest BCUT2D eigenvalue weighted by Crippen LogP contribution is 2.27. The maximum Gasteiger partial charge on any atom is 0.143 e. The van der Waals surface area contributed by atoms with Gasteiger partial charge in [-0.1, -0.05) is 65.8 Å². The first-order valence-electron chi connectivity index (χ1n) is 8.66. The van der Waals surface area contributed by atoms with Gasteiger partial charge >= 0.3 is 0 Å². The van der Waals surface area contributed by atoms with Crippen LogP contribution in [-0.2, 0) is 4.84 Å². The largest absolute Gasteiger partial charge is 0.506 e. The lowest BCUT2D eigenvalue weighted by molar-refractivity contribution is 0.138. The molecule has 4 heteroatoms. The van der Waals surface area contributed by atoms with Gasteiger partial charge in [-0.3, -0.25) is 4.98 Å². The van der Waals surface area contributed by atoms with Crippen molar-refractivity contribution in [3.05, 3.63) is 95.8 Å². The summed E-state index contributed by atoms with van der Waals surface area (Å²) in [4.78, 5) is 9.64. The monoisotopic (exact) mass is 346 g/mol. The molecule has 0 spiro atoms. The number of nitrogens with zero attached hydrogens (tertiary/aromatic N) is 2. The average molecular weight is 346 g/mol. The average Bonchev–Trinajstić information content (AvgIpc) is 2.69. The molecular formula is C22H22N2O2. The third kappa shape index (κ3) is 4.48. The van der Waals surface area contributed by atoms with Crippen LogP contribution < -0.4 is 0 Å². The van der Waals surface area contributed by atoms with Gasteiger partial charge in [0.15, 0.2) is 0 Å². The molecule has 26 heavy (non-hydrogen) atoms. The van der Waals surface area contributed by atoms with E-state index in [-0.39, 0.29) is 11.7 Å². The lowest BCUT2D eigenvalue weighted by Gasteiger charge is -2.17. The van der Waals surface area contributed by atoms with Crippen LogP contribution in [0.4, 0.5) is 0 Å². The zero-order valence-corrected chi connectivity index (χ0v) is 14.7. The highest BCUT2D eigenvalue weighted by molar-refractivity contribution is 5.98. The molecule has 0 atom stereocenters. The second-order valence-electron chi connectivity index (χ2n) is 6.04. The molecule has 3 rings (SSSR count). The van der Waals surface area contributed by atoms with Crippen molar-refractivity contribution in [2.45, 2.75) is 19.3 Å². The van der Waals surface area contributed by atoms with Crippen molar-refractivity contribution in [3.63, 3.8) is 0 Å². The SMILES string of the molecule is CC(=NOCCC(c1ccccc1)c1ccccc1)c1ncccc1O. The summed E-state index contributed by atoms with van der Waals surface area (Å²) in [6, 6.07) is 24.1. The number of rotatable bonds is 7. The normalized spacial score (nSPS) is 11.5. The predicted molar refractivity (Wildman–Crippen MR) is 103 cm³/mol. The van der Waals surface area contributed by atoms with Crippen molar-refractivity contribution in [1.29, 1.82) is 0 Å². The van der Waals surface area contributed by atoms with Crippen LogP contribution in [0.15, 0.2) is 84.1 Å². The molecule has 0 unspecified atom stereocenters. The highest BCUT2D eigenvalue weighted by Gasteiger charge is 2.14. The quantitative estimate of drug-likeness (QED) is 0.381. The molecule has 0 aliphatic heterocycles. The molecule has 0 saturated heterocycles. The standard InChI is InChI=1S/C22H22N2O2/c1-17(22-21(25)13-8-15-23-22)24-26-16-14-20(18-9-4-2-5-10-18)19-11-6-3-7-12-19/h2-13,15,20,25H,14,16H2,1H3. The van der Waals surface area contributed by atoms with Crippen molar-refractivity contribution in [3.8, 4) is 5.75 Å². The Labute approximate surface area is 153 Å². The first-order chi connectivity index (χ1) is 12.8. The zero-order chi connectivity index (χ0) is 18.2. The highest BCUT2D eigenvalue weighted by atomic mass is 16.6. The van der Waals surface area contributed by atoms with Gasteiger partial charge in [0, 0.05) is 12.1 Å². The molecular weight excluding hydrogens is 324 g/mol. The Kier molecular flexibility index (Phi) is 5.99. The van der Waals surface area contributed by atoms with Crippen molar-refractivity contribution < 1.29 is 9.94 Å². The third-order valence-corrected chi connectivity index (χ3v) is 4.23. The molecule has 0 bridgehead atoms. The van der Waals surface area contributed by atoms with Crippen molar-refractivity contribution >= 4 is 5.71 Å². The maximum absolute atomic E-state index is 9.82. The van der Waals surface area contributed by atoms with Crippen LogP contribution in [0.5, 0.6) is 5.75 Å². The summed E-state index contributed by atoms with van der Waals surface area (Å²) in [5.41, 5.74) is 3.50. The van der Waals surface area contributed by atoms with Crippen molar-refractivity contribution in [2.24, 2.45) is 5.16 Å². The second-order valence-corrected chi connectivity index (χ2v) is 6.04. The third-order valence-electron chi connectivity index (χ3n) is 4.23. The van der Waals surface area contributed by atoms with Gasteiger partial charge in [-0.25, -0.2) is 0 Å². The van der Waals surface area contributed by atoms with Gasteiger partial charge in [0.05, 0.1) is 0 Å². The molecule has 0 saturated carbocycles. The van der Waals surface area contributed by atoms with Crippen LogP contribution in [0.25, 0.3) is 0 Å². The molecule has 1 heterocycles. The van der Waals surface area contributed by atoms with E-state index in [1.54, 1.807) is 25.3 Å². The van der Waals surface area contributed by atoms with E-state index in [1.165, 1.54) is 11.1 Å². The summed E-state index contributed by atoms with van der Waals surface area (Å²) < 4.78 is 0. The maximum atomic E-state index is 9.82. The number of benzene rings is 2. The van der Waals surface area contributed by atoms with E-state index in [0.29, 0.717) is 18.0 Å². The summed E-state index contributed by atoms with van der Waals surface area (Å²) in [7, 11) is 0. The summed E-state index contributed by atoms with van der Waals surface area (Å²) in [6.07, 6.45) is 2.42. The van der Waals surface area contributed by atoms with E-state index in [9.17, 15) is 5.11 Å². The van der Waals surface area contributed by atoms with Crippen molar-refractivity contribution in [2.75, 3.05) is 6.61 Å². The molecule has 0 aliphatic rings. The summed E-state index contributed by atoms with van der Waals surface area (Å²) in [5, 5.41) is 13.9. The fraction of sp³-hybridized carbons (Fsp3) is 0.182. The van der Waals surface area contributed by atoms with Crippen LogP contribution in [0, 0.1) is 0 Å². The number of pyridine rings is 1. The lowest BCUT2D eigenvalue weighted by atomic mass is 9.89. The van der Waals surface area contributed by atoms with Gasteiger partial charge in [0.25, 0.3) is 0 Å². The molecule has 4 nitrogen and oxygen atoms in total. The van der Waals surface area contributed by atoms with Crippen LogP contribution in [-0.4, -0.2) is 22.4 Å². The lowest BCUT2D eigenvalue weighted by Crippen LogP contribution is -2.06. The van der Waals surface area contributed by atoms with E-state index in [1.807, 2.05) is 12.1 Å². The molecule has 2 aromatic carbocycles. The van der Waals surface area contributed by atoms with E-state index in [0.717, 1.165) is 6.42 Å². The molecule has 1 aromatic heterocycles. The van der Waals surface area contributed by atoms with E-state index in [4.69, 9.17) is 4.84 Å². The van der Waals surface area contributed by atoms with Crippen LogP contribution in [0.3, 0.4) is 0 Å². The van der Waals surface area contributed by atoms with Gasteiger partial charge in [0.1, 0.15) is 23.8 Å². The molecule has 3 aromatic rings. The number of hydrogen-bond donors (Lipinski definition) is 1. The number of hydrogen-bond acceptors (Lipinski definition) is 4. The Morgan fingerprint density at radius 1 is 0.962 bits per heavy atom. The Morgan fingerprint density at radius 3 is 2.15 bits per heavy atom. The Balaban J connectivity index is 1.67. The molecule has 0 aliphatic carbocycles. The number of oxime groups is 1. The van der Waals surface area contributed by atoms with Gasteiger partial charge in [0.2, 0.25) is 0 Å².